The van der Waals surface area contributed by atoms with Gasteiger partial charge in [0.25, 0.3) is 0 Å². The summed E-state index contributed by atoms with van der Waals surface area (Å²) in [5, 5.41) is 0. The maximum atomic E-state index is 4.73. The first-order valence-electron chi connectivity index (χ1n) is 6.96. The van der Waals surface area contributed by atoms with Gasteiger partial charge in [0.2, 0.25) is 0 Å². The lowest BCUT2D eigenvalue weighted by Gasteiger charge is -2.10. The minimum absolute atomic E-state index is 0.387. The lowest BCUT2D eigenvalue weighted by atomic mass is 10.2. The predicted octanol–water partition coefficient (Wildman–Crippen LogP) is 4.79. The highest BCUT2D eigenvalue weighted by atomic mass is 15.1. The van der Waals surface area contributed by atoms with E-state index >= 15 is 0 Å². The summed E-state index contributed by atoms with van der Waals surface area (Å²) in [6.07, 6.45) is 4.20. The molecule has 0 atom stereocenters. The van der Waals surface area contributed by atoms with E-state index in [0.29, 0.717) is 6.04 Å². The van der Waals surface area contributed by atoms with Gasteiger partial charge >= 0.3 is 0 Å². The number of fused-ring (bicyclic) bond motifs is 1. The molecule has 0 fully saturated rings. The van der Waals surface area contributed by atoms with Crippen molar-refractivity contribution in [2.24, 2.45) is 0 Å². The van der Waals surface area contributed by atoms with E-state index in [1.165, 1.54) is 11.1 Å². The van der Waals surface area contributed by atoms with Crippen molar-refractivity contribution in [2.45, 2.75) is 19.9 Å². The summed E-state index contributed by atoms with van der Waals surface area (Å²) in [6, 6.07) is 19.0. The van der Waals surface area contributed by atoms with Crippen LogP contribution in [-0.4, -0.2) is 9.55 Å². The van der Waals surface area contributed by atoms with Crippen molar-refractivity contribution >= 4 is 23.2 Å². The van der Waals surface area contributed by atoms with E-state index in [1.807, 2.05) is 24.3 Å². The third kappa shape index (κ3) is 2.37. The highest BCUT2D eigenvalue weighted by molar-refractivity contribution is 5.80. The lowest BCUT2D eigenvalue weighted by Crippen LogP contribution is -2.02. The number of imidazole rings is 1. The number of hydrogen-bond donors (Lipinski definition) is 0. The Labute approximate surface area is 119 Å². The monoisotopic (exact) mass is 262 g/mol. The fraction of sp³-hybridized carbons (Fsp3) is 0.167. The van der Waals surface area contributed by atoms with Crippen molar-refractivity contribution < 1.29 is 0 Å². The van der Waals surface area contributed by atoms with E-state index in [1.54, 1.807) is 0 Å². The summed E-state index contributed by atoms with van der Waals surface area (Å²) < 4.78 is 2.27. The Balaban J connectivity index is 2.07. The lowest BCUT2D eigenvalue weighted by molar-refractivity contribution is 0.612. The van der Waals surface area contributed by atoms with Crippen LogP contribution >= 0.6 is 0 Å². The molecule has 3 rings (SSSR count). The van der Waals surface area contributed by atoms with E-state index in [4.69, 9.17) is 4.98 Å². The molecule has 0 saturated heterocycles. The molecule has 0 unspecified atom stereocenters. The van der Waals surface area contributed by atoms with Crippen LogP contribution in [0.25, 0.3) is 23.2 Å². The van der Waals surface area contributed by atoms with Gasteiger partial charge in [-0.25, -0.2) is 4.98 Å². The summed E-state index contributed by atoms with van der Waals surface area (Å²) in [7, 11) is 0. The molecular weight excluding hydrogens is 244 g/mol. The fourth-order valence-electron chi connectivity index (χ4n) is 2.46. The van der Waals surface area contributed by atoms with E-state index in [-0.39, 0.29) is 0 Å². The molecule has 0 aliphatic heterocycles. The topological polar surface area (TPSA) is 17.8 Å². The van der Waals surface area contributed by atoms with Crippen molar-refractivity contribution in [3.05, 3.63) is 66.0 Å². The van der Waals surface area contributed by atoms with E-state index in [2.05, 4.69) is 60.9 Å². The van der Waals surface area contributed by atoms with Crippen LogP contribution in [0.3, 0.4) is 0 Å². The molecule has 1 aromatic heterocycles. The molecule has 100 valence electrons. The third-order valence-corrected chi connectivity index (χ3v) is 3.36. The zero-order valence-electron chi connectivity index (χ0n) is 11.8. The second-order valence-corrected chi connectivity index (χ2v) is 5.17. The third-order valence-electron chi connectivity index (χ3n) is 3.36. The normalized spacial score (nSPS) is 11.8. The number of aromatic nitrogens is 2. The van der Waals surface area contributed by atoms with Gasteiger partial charge in [-0.15, -0.1) is 0 Å². The molecule has 0 aliphatic rings. The van der Waals surface area contributed by atoms with Gasteiger partial charge in [-0.2, -0.15) is 0 Å². The SMILES string of the molecule is CC(C)n1c(/C=C/c2ccccc2)nc2ccccc21. The van der Waals surface area contributed by atoms with Crippen molar-refractivity contribution in [1.82, 2.24) is 9.55 Å². The van der Waals surface area contributed by atoms with Crippen LogP contribution in [0.5, 0.6) is 0 Å². The molecule has 0 aliphatic carbocycles. The van der Waals surface area contributed by atoms with Crippen LogP contribution in [0.15, 0.2) is 54.6 Å². The van der Waals surface area contributed by atoms with Crippen molar-refractivity contribution in [2.75, 3.05) is 0 Å². The van der Waals surface area contributed by atoms with Crippen LogP contribution in [0.2, 0.25) is 0 Å². The van der Waals surface area contributed by atoms with Crippen molar-refractivity contribution in [3.8, 4) is 0 Å². The van der Waals surface area contributed by atoms with Gasteiger partial charge in [0, 0.05) is 6.04 Å². The van der Waals surface area contributed by atoms with Crippen LogP contribution in [0, 0.1) is 0 Å². The Morgan fingerprint density at radius 2 is 1.60 bits per heavy atom. The second kappa shape index (κ2) is 5.33. The summed E-state index contributed by atoms with van der Waals surface area (Å²) in [6.45, 7) is 4.38. The molecule has 1 heterocycles. The fourth-order valence-corrected chi connectivity index (χ4v) is 2.46. The Kier molecular flexibility index (Phi) is 3.38. The molecule has 2 aromatic carbocycles. The maximum absolute atomic E-state index is 4.73. The Morgan fingerprint density at radius 1 is 0.900 bits per heavy atom. The van der Waals surface area contributed by atoms with Crippen molar-refractivity contribution in [3.63, 3.8) is 0 Å². The average molecular weight is 262 g/mol. The zero-order valence-corrected chi connectivity index (χ0v) is 11.8. The molecule has 20 heavy (non-hydrogen) atoms. The van der Waals surface area contributed by atoms with E-state index in [9.17, 15) is 0 Å². The smallest absolute Gasteiger partial charge is 0.134 e. The first-order chi connectivity index (χ1) is 9.75. The molecule has 3 aromatic rings. The summed E-state index contributed by atoms with van der Waals surface area (Å²) >= 11 is 0. The number of hydrogen-bond acceptors (Lipinski definition) is 1. The number of rotatable bonds is 3. The van der Waals surface area contributed by atoms with Crippen molar-refractivity contribution in [1.29, 1.82) is 0 Å². The highest BCUT2D eigenvalue weighted by Crippen LogP contribution is 2.22. The summed E-state index contributed by atoms with van der Waals surface area (Å²) in [5.41, 5.74) is 3.43. The first-order valence-corrected chi connectivity index (χ1v) is 6.96. The van der Waals surface area contributed by atoms with E-state index < -0.39 is 0 Å². The van der Waals surface area contributed by atoms with Gasteiger partial charge in [-0.3, -0.25) is 0 Å². The summed E-state index contributed by atoms with van der Waals surface area (Å²) in [4.78, 5) is 4.73. The summed E-state index contributed by atoms with van der Waals surface area (Å²) in [5.74, 6) is 1.00. The average Bonchev–Trinajstić information content (AvgIpc) is 2.84. The predicted molar refractivity (Wildman–Crippen MR) is 85.5 cm³/mol. The zero-order chi connectivity index (χ0) is 13.9. The number of benzene rings is 2. The van der Waals surface area contributed by atoms with Gasteiger partial charge < -0.3 is 4.57 Å². The molecule has 0 amide bonds. The Morgan fingerprint density at radius 3 is 2.35 bits per heavy atom. The molecule has 2 heteroatoms. The number of para-hydroxylation sites is 2. The van der Waals surface area contributed by atoms with Gasteiger partial charge in [-0.1, -0.05) is 48.5 Å². The van der Waals surface area contributed by atoms with Gasteiger partial charge in [-0.05, 0) is 37.6 Å². The van der Waals surface area contributed by atoms with Crippen LogP contribution in [0.4, 0.5) is 0 Å². The standard InChI is InChI=1S/C18H18N2/c1-14(2)20-17-11-7-6-10-16(17)19-18(20)13-12-15-8-4-3-5-9-15/h3-14H,1-2H3/b13-12+. The molecule has 0 bridgehead atoms. The minimum atomic E-state index is 0.387. The highest BCUT2D eigenvalue weighted by Gasteiger charge is 2.10. The first kappa shape index (κ1) is 12.7. The second-order valence-electron chi connectivity index (χ2n) is 5.17. The van der Waals surface area contributed by atoms with Crippen LogP contribution in [-0.2, 0) is 0 Å². The molecule has 0 spiro atoms. The minimum Gasteiger partial charge on any atom is -0.322 e. The number of nitrogens with zero attached hydrogens (tertiary/aromatic N) is 2. The molecule has 0 saturated carbocycles. The largest absolute Gasteiger partial charge is 0.322 e. The van der Waals surface area contributed by atoms with Crippen LogP contribution < -0.4 is 0 Å². The van der Waals surface area contributed by atoms with E-state index in [0.717, 1.165) is 11.3 Å². The van der Waals surface area contributed by atoms with Gasteiger partial charge in [0.15, 0.2) is 0 Å². The maximum Gasteiger partial charge on any atom is 0.134 e. The Hall–Kier alpha value is -2.35. The Bertz CT molecular complexity index is 736. The van der Waals surface area contributed by atoms with Gasteiger partial charge in [0.05, 0.1) is 11.0 Å². The molecule has 0 N–H and O–H groups in total. The molecular formula is C18H18N2. The molecule has 0 radical (unpaired) electrons. The molecule has 2 nitrogen and oxygen atoms in total. The van der Waals surface area contributed by atoms with Gasteiger partial charge in [0.1, 0.15) is 5.82 Å². The quantitative estimate of drug-likeness (QED) is 0.663. The van der Waals surface area contributed by atoms with Crippen LogP contribution in [0.1, 0.15) is 31.3 Å².